The summed E-state index contributed by atoms with van der Waals surface area (Å²) in [7, 11) is 1.70. The number of nitrogens with one attached hydrogen (secondary N) is 3. The van der Waals surface area contributed by atoms with Crippen LogP contribution >= 0.6 is 0 Å². The van der Waals surface area contributed by atoms with E-state index < -0.39 is 5.97 Å². The van der Waals surface area contributed by atoms with Crippen molar-refractivity contribution in [1.29, 1.82) is 5.41 Å². The summed E-state index contributed by atoms with van der Waals surface area (Å²) in [6.45, 7) is 6.31. The lowest BCUT2D eigenvalue weighted by Crippen LogP contribution is -2.36. The molecule has 0 saturated heterocycles. The molecule has 288 valence electrons. The highest BCUT2D eigenvalue weighted by atomic mass is 16.5. The molecule has 1 heterocycles. The number of unbranched alkanes of at least 4 members (excludes halogenated alkanes) is 5. The highest BCUT2D eigenvalue weighted by Gasteiger charge is 2.15. The van der Waals surface area contributed by atoms with Crippen LogP contribution in [0.5, 0.6) is 5.75 Å². The lowest BCUT2D eigenvalue weighted by Gasteiger charge is -2.16. The molecule has 14 nitrogen and oxygen atoms in total. The van der Waals surface area contributed by atoms with Gasteiger partial charge in [-0.2, -0.15) is 5.41 Å². The fourth-order valence-electron chi connectivity index (χ4n) is 5.11. The van der Waals surface area contributed by atoms with Gasteiger partial charge < -0.3 is 40.4 Å². The Morgan fingerprint density at radius 1 is 0.868 bits per heavy atom. The minimum atomic E-state index is -0.750. The number of carboxylic acids is 1. The van der Waals surface area contributed by atoms with E-state index in [1.807, 2.05) is 37.3 Å². The number of aromatic nitrogens is 2. The maximum atomic E-state index is 13.1. The molecule has 1 atom stereocenters. The summed E-state index contributed by atoms with van der Waals surface area (Å²) >= 11 is 0. The first-order chi connectivity index (χ1) is 25.7. The first-order valence-corrected chi connectivity index (χ1v) is 18.3. The number of amides is 1. The van der Waals surface area contributed by atoms with Crippen molar-refractivity contribution in [2.45, 2.75) is 64.3 Å². The van der Waals surface area contributed by atoms with E-state index in [1.54, 1.807) is 42.1 Å². The molecule has 0 aliphatic rings. The number of carboxylic acid groups (broad SMARTS) is 1. The van der Waals surface area contributed by atoms with Gasteiger partial charge in [0.25, 0.3) is 11.7 Å². The summed E-state index contributed by atoms with van der Waals surface area (Å²) in [5, 5.41) is 23.3. The molecule has 14 heteroatoms. The molecule has 3 aromatic rings. The number of benzene rings is 2. The van der Waals surface area contributed by atoms with Gasteiger partial charge in [-0.05, 0) is 81.0 Å². The third-order valence-electron chi connectivity index (χ3n) is 8.27. The molecule has 0 bridgehead atoms. The molecular weight excluding hydrogens is 678 g/mol. The SMILES string of the molecule is CC(NC(=O)c1cccc(NCC(N)=[N+](C)C(=N)c2ccncn2)c1)c1cccc(OCCCCCCOCCOCCOCCCCCC(=O)O)c1. The van der Waals surface area contributed by atoms with Crippen molar-refractivity contribution in [3.8, 4) is 5.75 Å². The van der Waals surface area contributed by atoms with Gasteiger partial charge in [-0.15, -0.1) is 0 Å². The lowest BCUT2D eigenvalue weighted by molar-refractivity contribution is -0.373. The van der Waals surface area contributed by atoms with Crippen LogP contribution in [-0.2, 0) is 19.0 Å². The molecular formula is C39H56N7O7+. The molecule has 3 rings (SSSR count). The van der Waals surface area contributed by atoms with Crippen LogP contribution in [0.15, 0.2) is 67.1 Å². The second-order valence-electron chi connectivity index (χ2n) is 12.5. The van der Waals surface area contributed by atoms with Gasteiger partial charge in [-0.25, -0.2) is 14.5 Å². The summed E-state index contributed by atoms with van der Waals surface area (Å²) in [5.41, 5.74) is 8.87. The molecule has 1 unspecified atom stereocenters. The standard InChI is InChI=1S/C39H55N7O7/c1-30(45-39(49)32-13-10-14-33(26-32)43-28-36(40)46(2)38(41)35-17-18-42-29-44-35)31-12-11-15-34(27-31)53-21-9-4-3-7-19-50-22-24-52-25-23-51-20-8-5-6-16-37(47)48/h10-15,17-18,26-27,29-30,40-41,43H,3-9,16,19-25,28H2,1-2H3,(H2,45,47,48,49)/p+1. The third kappa shape index (κ3) is 17.4. The number of carbonyl (C=O) groups is 2. The largest absolute Gasteiger partial charge is 0.494 e. The lowest BCUT2D eigenvalue weighted by atomic mass is 10.1. The molecule has 2 aromatic carbocycles. The monoisotopic (exact) mass is 734 g/mol. The normalized spacial score (nSPS) is 12.1. The molecule has 0 saturated carbocycles. The van der Waals surface area contributed by atoms with Crippen molar-refractivity contribution in [2.75, 3.05) is 65.2 Å². The van der Waals surface area contributed by atoms with E-state index in [0.717, 1.165) is 55.5 Å². The summed E-state index contributed by atoms with van der Waals surface area (Å²) in [4.78, 5) is 31.6. The van der Waals surface area contributed by atoms with E-state index in [0.29, 0.717) is 69.8 Å². The summed E-state index contributed by atoms with van der Waals surface area (Å²) in [6.07, 6.45) is 9.62. The Kier molecular flexibility index (Phi) is 20.1. The summed E-state index contributed by atoms with van der Waals surface area (Å²) in [5.74, 6) is 0.390. The second-order valence-corrected chi connectivity index (χ2v) is 12.5. The van der Waals surface area contributed by atoms with Crippen molar-refractivity contribution in [1.82, 2.24) is 15.3 Å². The number of amidine groups is 2. The van der Waals surface area contributed by atoms with Crippen LogP contribution in [-0.4, -0.2) is 103 Å². The molecule has 6 N–H and O–H groups in total. The Morgan fingerprint density at radius 3 is 2.21 bits per heavy atom. The Labute approximate surface area is 312 Å². The Morgan fingerprint density at radius 2 is 1.53 bits per heavy atom. The number of carbonyl (C=O) groups excluding carboxylic acids is 1. The van der Waals surface area contributed by atoms with Gasteiger partial charge in [0, 0.05) is 37.1 Å². The van der Waals surface area contributed by atoms with Gasteiger partial charge in [-0.1, -0.05) is 31.0 Å². The smallest absolute Gasteiger partial charge is 0.303 e. The molecule has 0 spiro atoms. The predicted octanol–water partition coefficient (Wildman–Crippen LogP) is 5.04. The quantitative estimate of drug-likeness (QED) is 0.0305. The maximum Gasteiger partial charge on any atom is 0.303 e. The second kappa shape index (κ2) is 25.1. The number of aliphatic carboxylic acids is 1. The average Bonchev–Trinajstić information content (AvgIpc) is 3.17. The van der Waals surface area contributed by atoms with Crippen LogP contribution in [0.4, 0.5) is 5.69 Å². The van der Waals surface area contributed by atoms with Gasteiger partial charge in [-0.3, -0.25) is 9.59 Å². The minimum Gasteiger partial charge on any atom is -0.494 e. The molecule has 0 aliphatic heterocycles. The zero-order valence-electron chi connectivity index (χ0n) is 31.1. The highest BCUT2D eigenvalue weighted by Crippen LogP contribution is 2.21. The van der Waals surface area contributed by atoms with Crippen LogP contribution in [0.25, 0.3) is 0 Å². The number of rotatable bonds is 27. The molecule has 53 heavy (non-hydrogen) atoms. The van der Waals surface area contributed by atoms with Crippen LogP contribution in [0.3, 0.4) is 0 Å². The Bertz CT molecular complexity index is 1570. The summed E-state index contributed by atoms with van der Waals surface area (Å²) < 4.78 is 24.2. The van der Waals surface area contributed by atoms with E-state index in [9.17, 15) is 9.59 Å². The van der Waals surface area contributed by atoms with Crippen molar-refractivity contribution >= 4 is 29.2 Å². The fourth-order valence-corrected chi connectivity index (χ4v) is 5.11. The zero-order valence-corrected chi connectivity index (χ0v) is 31.1. The molecule has 1 amide bonds. The van der Waals surface area contributed by atoms with E-state index in [2.05, 4.69) is 20.6 Å². The molecule has 0 aliphatic carbocycles. The van der Waals surface area contributed by atoms with Crippen LogP contribution in [0.2, 0.25) is 0 Å². The highest BCUT2D eigenvalue weighted by molar-refractivity contribution is 5.96. The van der Waals surface area contributed by atoms with Gasteiger partial charge >= 0.3 is 5.97 Å². The first kappa shape index (κ1) is 42.5. The molecule has 0 radical (unpaired) electrons. The number of anilines is 1. The number of ether oxygens (including phenoxy) is 4. The van der Waals surface area contributed by atoms with Gasteiger partial charge in [0.05, 0.1) is 46.1 Å². The predicted molar refractivity (Wildman–Crippen MR) is 204 cm³/mol. The number of hydrogen-bond acceptors (Lipinski definition) is 10. The Balaban J connectivity index is 1.25. The van der Waals surface area contributed by atoms with E-state index in [1.165, 1.54) is 6.33 Å². The number of hydrogen-bond donors (Lipinski definition) is 5. The van der Waals surface area contributed by atoms with Gasteiger partial charge in [0.2, 0.25) is 5.84 Å². The first-order valence-electron chi connectivity index (χ1n) is 18.3. The Hall–Kier alpha value is -4.92. The molecule has 0 fully saturated rings. The van der Waals surface area contributed by atoms with Crippen molar-refractivity contribution in [3.63, 3.8) is 0 Å². The van der Waals surface area contributed by atoms with Crippen LogP contribution in [0, 0.1) is 5.41 Å². The van der Waals surface area contributed by atoms with E-state index >= 15 is 0 Å². The number of nitrogens with two attached hydrogens (primary N) is 1. The zero-order chi connectivity index (χ0) is 38.1. The fraction of sp³-hybridized carbons (Fsp3) is 0.487. The van der Waals surface area contributed by atoms with Crippen molar-refractivity contribution in [3.05, 3.63) is 83.9 Å². The average molecular weight is 735 g/mol. The molecule has 1 aromatic heterocycles. The van der Waals surface area contributed by atoms with Crippen LogP contribution < -0.4 is 21.1 Å². The van der Waals surface area contributed by atoms with Crippen molar-refractivity contribution in [2.24, 2.45) is 5.73 Å². The third-order valence-corrected chi connectivity index (χ3v) is 8.27. The van der Waals surface area contributed by atoms with Crippen molar-refractivity contribution < 1.29 is 38.2 Å². The van der Waals surface area contributed by atoms with Gasteiger partial charge in [0.15, 0.2) is 0 Å². The minimum absolute atomic E-state index is 0.153. The van der Waals surface area contributed by atoms with E-state index in [4.69, 9.17) is 35.2 Å². The topological polar surface area (TPSA) is 194 Å². The maximum absolute atomic E-state index is 13.1. The van der Waals surface area contributed by atoms with Crippen LogP contribution in [0.1, 0.15) is 85.9 Å². The number of nitrogens with zero attached hydrogens (tertiary/aromatic N) is 3. The van der Waals surface area contributed by atoms with E-state index in [-0.39, 0.29) is 30.8 Å². The van der Waals surface area contributed by atoms with Gasteiger partial charge in [0.1, 0.15) is 24.3 Å². The summed E-state index contributed by atoms with van der Waals surface area (Å²) in [6, 6.07) is 16.4.